The van der Waals surface area contributed by atoms with Crippen molar-refractivity contribution in [1.29, 1.82) is 0 Å². The number of nitrogens with one attached hydrogen (secondary N) is 1. The van der Waals surface area contributed by atoms with E-state index in [4.69, 9.17) is 9.47 Å². The Morgan fingerprint density at radius 1 is 1.03 bits per heavy atom. The zero-order valence-corrected chi connectivity index (χ0v) is 17.4. The Kier molecular flexibility index (Phi) is 6.54. The fraction of sp³-hybridized carbons (Fsp3) is 0.304. The molecule has 3 rings (SSSR count). The van der Waals surface area contributed by atoms with Gasteiger partial charge in [-0.05, 0) is 57.5 Å². The summed E-state index contributed by atoms with van der Waals surface area (Å²) in [4.78, 5) is 12.9. The fourth-order valence-electron chi connectivity index (χ4n) is 3.08. The predicted molar refractivity (Wildman–Crippen MR) is 114 cm³/mol. The Balaban J connectivity index is 1.85. The van der Waals surface area contributed by atoms with E-state index in [-0.39, 0.29) is 5.91 Å². The van der Waals surface area contributed by atoms with E-state index >= 15 is 0 Å². The minimum atomic E-state index is -0.216. The number of carbonyl (C=O) groups is 1. The van der Waals surface area contributed by atoms with Crippen LogP contribution in [0, 0.1) is 13.8 Å². The second-order valence-electron chi connectivity index (χ2n) is 6.69. The van der Waals surface area contributed by atoms with Gasteiger partial charge in [0.1, 0.15) is 0 Å². The number of benzene rings is 2. The summed E-state index contributed by atoms with van der Waals surface area (Å²) in [6, 6.07) is 15.1. The number of hydrogen-bond donors (Lipinski definition) is 1. The first-order valence-electron chi connectivity index (χ1n) is 9.87. The Morgan fingerprint density at radius 3 is 2.48 bits per heavy atom. The van der Waals surface area contributed by atoms with E-state index in [1.54, 1.807) is 18.2 Å². The standard InChI is InChI=1S/C23H27N3O3/c1-5-14-29-20-13-12-18(15-21(20)28-6-2)23(27)24-22-16(3)25-26(17(22)4)19-10-8-7-9-11-19/h7-13,15H,5-6,14H2,1-4H3,(H,24,27). The van der Waals surface area contributed by atoms with Gasteiger partial charge in [0, 0.05) is 5.56 Å². The van der Waals surface area contributed by atoms with Crippen molar-refractivity contribution in [1.82, 2.24) is 9.78 Å². The smallest absolute Gasteiger partial charge is 0.255 e. The van der Waals surface area contributed by atoms with Crippen molar-refractivity contribution < 1.29 is 14.3 Å². The Hall–Kier alpha value is -3.28. The number of ether oxygens (including phenoxy) is 2. The highest BCUT2D eigenvalue weighted by atomic mass is 16.5. The van der Waals surface area contributed by atoms with E-state index in [0.29, 0.717) is 36.0 Å². The molecular weight excluding hydrogens is 366 g/mol. The molecule has 0 spiro atoms. The third-order valence-corrected chi connectivity index (χ3v) is 4.50. The maximum Gasteiger partial charge on any atom is 0.255 e. The predicted octanol–water partition coefficient (Wildman–Crippen LogP) is 4.93. The summed E-state index contributed by atoms with van der Waals surface area (Å²) in [6.45, 7) is 8.87. The van der Waals surface area contributed by atoms with E-state index in [1.807, 2.05) is 62.7 Å². The van der Waals surface area contributed by atoms with Crippen LogP contribution in [-0.4, -0.2) is 28.9 Å². The first-order valence-corrected chi connectivity index (χ1v) is 9.87. The van der Waals surface area contributed by atoms with Gasteiger partial charge in [-0.1, -0.05) is 25.1 Å². The van der Waals surface area contributed by atoms with Gasteiger partial charge in [-0.25, -0.2) is 4.68 Å². The molecule has 0 aliphatic rings. The van der Waals surface area contributed by atoms with Crippen LogP contribution in [0.3, 0.4) is 0 Å². The molecule has 3 aromatic rings. The zero-order valence-electron chi connectivity index (χ0n) is 17.4. The molecule has 0 fully saturated rings. The second kappa shape index (κ2) is 9.28. The SMILES string of the molecule is CCCOc1ccc(C(=O)Nc2c(C)nn(-c3ccccc3)c2C)cc1OCC. The molecule has 0 unspecified atom stereocenters. The first-order chi connectivity index (χ1) is 14.0. The lowest BCUT2D eigenvalue weighted by molar-refractivity contribution is 0.102. The van der Waals surface area contributed by atoms with E-state index < -0.39 is 0 Å². The number of aromatic nitrogens is 2. The minimum Gasteiger partial charge on any atom is -0.490 e. The van der Waals surface area contributed by atoms with Crippen LogP contribution >= 0.6 is 0 Å². The number of para-hydroxylation sites is 1. The fourth-order valence-corrected chi connectivity index (χ4v) is 3.08. The van der Waals surface area contributed by atoms with Crippen LogP contribution in [0.5, 0.6) is 11.5 Å². The van der Waals surface area contributed by atoms with Gasteiger partial charge in [-0.2, -0.15) is 5.10 Å². The molecule has 1 amide bonds. The van der Waals surface area contributed by atoms with Gasteiger partial charge in [-0.3, -0.25) is 4.79 Å². The summed E-state index contributed by atoms with van der Waals surface area (Å²) in [5.41, 5.74) is 3.79. The summed E-state index contributed by atoms with van der Waals surface area (Å²) in [7, 11) is 0. The molecule has 0 saturated heterocycles. The molecule has 0 aliphatic carbocycles. The molecule has 0 saturated carbocycles. The average Bonchev–Trinajstić information content (AvgIpc) is 3.02. The summed E-state index contributed by atoms with van der Waals surface area (Å²) in [6.07, 6.45) is 0.901. The molecular formula is C23H27N3O3. The number of rotatable bonds is 8. The topological polar surface area (TPSA) is 65.4 Å². The van der Waals surface area contributed by atoms with Crippen LogP contribution in [0.2, 0.25) is 0 Å². The zero-order chi connectivity index (χ0) is 20.8. The third-order valence-electron chi connectivity index (χ3n) is 4.50. The van der Waals surface area contributed by atoms with E-state index in [0.717, 1.165) is 23.5 Å². The Labute approximate surface area is 171 Å². The van der Waals surface area contributed by atoms with Gasteiger partial charge < -0.3 is 14.8 Å². The molecule has 2 aromatic carbocycles. The van der Waals surface area contributed by atoms with E-state index in [9.17, 15) is 4.79 Å². The van der Waals surface area contributed by atoms with Gasteiger partial charge in [0.25, 0.3) is 5.91 Å². The molecule has 1 N–H and O–H groups in total. The van der Waals surface area contributed by atoms with Gasteiger partial charge in [0.05, 0.1) is 36.0 Å². The molecule has 6 nitrogen and oxygen atoms in total. The van der Waals surface area contributed by atoms with Crippen LogP contribution < -0.4 is 14.8 Å². The van der Waals surface area contributed by atoms with Crippen molar-refractivity contribution >= 4 is 11.6 Å². The average molecular weight is 393 g/mol. The summed E-state index contributed by atoms with van der Waals surface area (Å²) in [5.74, 6) is 1.00. The van der Waals surface area contributed by atoms with Crippen LogP contribution in [-0.2, 0) is 0 Å². The summed E-state index contributed by atoms with van der Waals surface area (Å²) < 4.78 is 13.2. The number of aryl methyl sites for hydroxylation is 1. The monoisotopic (exact) mass is 393 g/mol. The van der Waals surface area contributed by atoms with Gasteiger partial charge in [0.2, 0.25) is 0 Å². The highest BCUT2D eigenvalue weighted by Gasteiger charge is 2.17. The van der Waals surface area contributed by atoms with Crippen LogP contribution in [0.4, 0.5) is 5.69 Å². The van der Waals surface area contributed by atoms with Crippen LogP contribution in [0.15, 0.2) is 48.5 Å². The quantitative estimate of drug-likeness (QED) is 0.589. The molecule has 29 heavy (non-hydrogen) atoms. The number of nitrogens with zero attached hydrogens (tertiary/aromatic N) is 2. The number of anilines is 1. The number of hydrogen-bond acceptors (Lipinski definition) is 4. The molecule has 0 atom stereocenters. The van der Waals surface area contributed by atoms with Crippen molar-refractivity contribution in [3.05, 3.63) is 65.5 Å². The summed E-state index contributed by atoms with van der Waals surface area (Å²) >= 11 is 0. The maximum atomic E-state index is 12.9. The maximum absolute atomic E-state index is 12.9. The van der Waals surface area contributed by atoms with Crippen molar-refractivity contribution in [3.8, 4) is 17.2 Å². The van der Waals surface area contributed by atoms with E-state index in [2.05, 4.69) is 10.4 Å². The first kappa shape index (κ1) is 20.5. The number of carbonyl (C=O) groups excluding carboxylic acids is 1. The normalized spacial score (nSPS) is 10.6. The molecule has 6 heteroatoms. The minimum absolute atomic E-state index is 0.216. The largest absolute Gasteiger partial charge is 0.490 e. The van der Waals surface area contributed by atoms with Gasteiger partial charge >= 0.3 is 0 Å². The van der Waals surface area contributed by atoms with Crippen molar-refractivity contribution in [2.45, 2.75) is 34.1 Å². The second-order valence-corrected chi connectivity index (χ2v) is 6.69. The molecule has 0 aliphatic heterocycles. The van der Waals surface area contributed by atoms with Gasteiger partial charge in [0.15, 0.2) is 11.5 Å². The molecule has 152 valence electrons. The van der Waals surface area contributed by atoms with Crippen LogP contribution in [0.25, 0.3) is 5.69 Å². The van der Waals surface area contributed by atoms with Crippen molar-refractivity contribution in [2.24, 2.45) is 0 Å². The van der Waals surface area contributed by atoms with Crippen LogP contribution in [0.1, 0.15) is 42.0 Å². The van der Waals surface area contributed by atoms with Crippen molar-refractivity contribution in [3.63, 3.8) is 0 Å². The lowest BCUT2D eigenvalue weighted by atomic mass is 10.1. The molecule has 0 radical (unpaired) electrons. The lowest BCUT2D eigenvalue weighted by Crippen LogP contribution is -2.14. The molecule has 1 heterocycles. The molecule has 1 aromatic heterocycles. The van der Waals surface area contributed by atoms with Crippen molar-refractivity contribution in [2.75, 3.05) is 18.5 Å². The lowest BCUT2D eigenvalue weighted by Gasteiger charge is -2.13. The highest BCUT2D eigenvalue weighted by Crippen LogP contribution is 2.30. The third kappa shape index (κ3) is 4.59. The highest BCUT2D eigenvalue weighted by molar-refractivity contribution is 6.05. The Bertz CT molecular complexity index is 981. The van der Waals surface area contributed by atoms with Gasteiger partial charge in [-0.15, -0.1) is 0 Å². The summed E-state index contributed by atoms with van der Waals surface area (Å²) in [5, 5.41) is 7.58. The number of amides is 1. The molecule has 0 bridgehead atoms. The Morgan fingerprint density at radius 2 is 1.79 bits per heavy atom. The van der Waals surface area contributed by atoms with E-state index in [1.165, 1.54) is 0 Å².